The molecule has 1 amide bonds. The van der Waals surface area contributed by atoms with Gasteiger partial charge in [-0.15, -0.1) is 0 Å². The Labute approximate surface area is 124 Å². The molecule has 0 saturated carbocycles. The van der Waals surface area contributed by atoms with Gasteiger partial charge in [-0.25, -0.2) is 4.98 Å². The van der Waals surface area contributed by atoms with Gasteiger partial charge in [-0.1, -0.05) is 44.2 Å². The largest absolute Gasteiger partial charge is 0.438 e. The van der Waals surface area contributed by atoms with Gasteiger partial charge in [0.25, 0.3) is 0 Å². The molecule has 1 heterocycles. The molecule has 0 aliphatic heterocycles. The summed E-state index contributed by atoms with van der Waals surface area (Å²) in [7, 11) is 0. The molecule has 1 aromatic carbocycles. The molecule has 0 bridgehead atoms. The Hall–Kier alpha value is -2.14. The zero-order chi connectivity index (χ0) is 15.4. The summed E-state index contributed by atoms with van der Waals surface area (Å²) in [6.45, 7) is 5.65. The maximum atomic E-state index is 11.9. The Morgan fingerprint density at radius 1 is 1.24 bits per heavy atom. The molecule has 2 aromatic rings. The van der Waals surface area contributed by atoms with Gasteiger partial charge >= 0.3 is 0 Å². The van der Waals surface area contributed by atoms with Crippen molar-refractivity contribution < 1.29 is 9.21 Å². The van der Waals surface area contributed by atoms with Crippen LogP contribution in [0.3, 0.4) is 0 Å². The van der Waals surface area contributed by atoms with E-state index >= 15 is 0 Å². The lowest BCUT2D eigenvalue weighted by atomic mass is 10.0. The Balaban J connectivity index is 2.06. The van der Waals surface area contributed by atoms with Gasteiger partial charge in [-0.05, 0) is 12.8 Å². The van der Waals surface area contributed by atoms with E-state index in [9.17, 15) is 4.79 Å². The third-order valence-electron chi connectivity index (χ3n) is 3.33. The molecule has 5 heteroatoms. The minimum atomic E-state index is -0.531. The van der Waals surface area contributed by atoms with E-state index < -0.39 is 6.04 Å². The van der Waals surface area contributed by atoms with Crippen LogP contribution in [-0.4, -0.2) is 16.9 Å². The Morgan fingerprint density at radius 3 is 2.52 bits per heavy atom. The fraction of sp³-hybridized carbons (Fsp3) is 0.375. The van der Waals surface area contributed by atoms with Crippen molar-refractivity contribution in [1.29, 1.82) is 0 Å². The number of benzene rings is 1. The van der Waals surface area contributed by atoms with Crippen LogP contribution in [0.5, 0.6) is 0 Å². The molecule has 0 aliphatic carbocycles. The van der Waals surface area contributed by atoms with Gasteiger partial charge in [0.05, 0.1) is 12.2 Å². The molecule has 5 nitrogen and oxygen atoms in total. The van der Waals surface area contributed by atoms with Crippen LogP contribution in [0.25, 0.3) is 11.3 Å². The van der Waals surface area contributed by atoms with Crippen LogP contribution in [0.4, 0.5) is 0 Å². The van der Waals surface area contributed by atoms with Crippen molar-refractivity contribution in [3.63, 3.8) is 0 Å². The second kappa shape index (κ2) is 6.54. The molecule has 0 spiro atoms. The number of hydrogen-bond donors (Lipinski definition) is 2. The van der Waals surface area contributed by atoms with Gasteiger partial charge in [-0.2, -0.15) is 0 Å². The monoisotopic (exact) mass is 287 g/mol. The highest BCUT2D eigenvalue weighted by Crippen LogP contribution is 2.22. The highest BCUT2D eigenvalue weighted by atomic mass is 16.4. The summed E-state index contributed by atoms with van der Waals surface area (Å²) < 4.78 is 5.71. The maximum Gasteiger partial charge on any atom is 0.237 e. The second-order valence-electron chi connectivity index (χ2n) is 5.43. The topological polar surface area (TPSA) is 81.2 Å². The van der Waals surface area contributed by atoms with Crippen LogP contribution in [0, 0.1) is 5.92 Å². The van der Waals surface area contributed by atoms with Crippen LogP contribution in [0.1, 0.15) is 32.7 Å². The fourth-order valence-corrected chi connectivity index (χ4v) is 1.90. The van der Waals surface area contributed by atoms with Crippen molar-refractivity contribution in [2.24, 2.45) is 11.7 Å². The van der Waals surface area contributed by atoms with Gasteiger partial charge in [0.2, 0.25) is 11.8 Å². The molecule has 1 unspecified atom stereocenters. The molecule has 1 aromatic heterocycles. The molecule has 0 radical (unpaired) electrons. The van der Waals surface area contributed by atoms with E-state index in [0.29, 0.717) is 11.7 Å². The van der Waals surface area contributed by atoms with Gasteiger partial charge in [0.1, 0.15) is 6.04 Å². The standard InChI is InChI=1S/C16H21N3O2/c1-10(2)14(17)15(20)19-11(3)16-18-9-13(21-16)12-7-5-4-6-8-12/h4-11,14H,17H2,1-3H3,(H,19,20)/t11?,14-/m0/s1. The molecule has 3 N–H and O–H groups in total. The highest BCUT2D eigenvalue weighted by Gasteiger charge is 2.21. The van der Waals surface area contributed by atoms with Gasteiger partial charge in [0, 0.05) is 5.56 Å². The molecule has 0 saturated heterocycles. The summed E-state index contributed by atoms with van der Waals surface area (Å²) in [5.74, 6) is 1.04. The third kappa shape index (κ3) is 3.70. The number of hydrogen-bond acceptors (Lipinski definition) is 4. The Bertz CT molecular complexity index is 593. The van der Waals surface area contributed by atoms with Gasteiger partial charge in [-0.3, -0.25) is 4.79 Å². The number of aromatic nitrogens is 1. The maximum absolute atomic E-state index is 11.9. The molecule has 0 aliphatic rings. The summed E-state index contributed by atoms with van der Waals surface area (Å²) in [4.78, 5) is 16.2. The number of nitrogens with zero attached hydrogens (tertiary/aromatic N) is 1. The second-order valence-corrected chi connectivity index (χ2v) is 5.43. The summed E-state index contributed by atoms with van der Waals surface area (Å²) >= 11 is 0. The van der Waals surface area contributed by atoms with Gasteiger partial charge in [0.15, 0.2) is 5.76 Å². The van der Waals surface area contributed by atoms with Crippen molar-refractivity contribution in [3.05, 3.63) is 42.4 Å². The summed E-state index contributed by atoms with van der Waals surface area (Å²) in [6.07, 6.45) is 1.66. The number of amides is 1. The normalized spacial score (nSPS) is 14.0. The van der Waals surface area contributed by atoms with Gasteiger partial charge < -0.3 is 15.5 Å². The van der Waals surface area contributed by atoms with E-state index in [2.05, 4.69) is 10.3 Å². The molecule has 0 fully saturated rings. The SMILES string of the molecule is CC(NC(=O)[C@@H](N)C(C)C)c1ncc(-c2ccccc2)o1. The molecule has 2 rings (SSSR count). The number of nitrogens with one attached hydrogen (secondary N) is 1. The van der Waals surface area contributed by atoms with E-state index in [4.69, 9.17) is 10.2 Å². The average molecular weight is 287 g/mol. The molecule has 112 valence electrons. The first-order valence-corrected chi connectivity index (χ1v) is 7.06. The smallest absolute Gasteiger partial charge is 0.237 e. The fourth-order valence-electron chi connectivity index (χ4n) is 1.90. The van der Waals surface area contributed by atoms with Crippen molar-refractivity contribution >= 4 is 5.91 Å². The zero-order valence-corrected chi connectivity index (χ0v) is 12.5. The zero-order valence-electron chi connectivity index (χ0n) is 12.5. The first-order valence-electron chi connectivity index (χ1n) is 7.06. The van der Waals surface area contributed by atoms with E-state index in [1.165, 1.54) is 0 Å². The van der Waals surface area contributed by atoms with E-state index in [0.717, 1.165) is 5.56 Å². The summed E-state index contributed by atoms with van der Waals surface area (Å²) in [5.41, 5.74) is 6.77. The van der Waals surface area contributed by atoms with Crippen LogP contribution < -0.4 is 11.1 Å². The molecule has 21 heavy (non-hydrogen) atoms. The lowest BCUT2D eigenvalue weighted by Crippen LogP contribution is -2.44. The lowest BCUT2D eigenvalue weighted by molar-refractivity contribution is -0.124. The third-order valence-corrected chi connectivity index (χ3v) is 3.33. The van der Waals surface area contributed by atoms with Crippen LogP contribution in [0.2, 0.25) is 0 Å². The first kappa shape index (κ1) is 15.3. The first-order chi connectivity index (χ1) is 9.99. The predicted octanol–water partition coefficient (Wildman–Crippen LogP) is 2.50. The quantitative estimate of drug-likeness (QED) is 0.885. The minimum absolute atomic E-state index is 0.0849. The van der Waals surface area contributed by atoms with E-state index in [-0.39, 0.29) is 17.9 Å². The van der Waals surface area contributed by atoms with Crippen molar-refractivity contribution in [3.8, 4) is 11.3 Å². The molecular weight excluding hydrogens is 266 g/mol. The van der Waals surface area contributed by atoms with E-state index in [1.54, 1.807) is 6.20 Å². The number of carbonyl (C=O) groups excluding carboxylic acids is 1. The number of rotatable bonds is 5. The summed E-state index contributed by atoms with van der Waals surface area (Å²) in [5, 5.41) is 2.82. The summed E-state index contributed by atoms with van der Waals surface area (Å²) in [6, 6.07) is 8.85. The minimum Gasteiger partial charge on any atom is -0.438 e. The molecular formula is C16H21N3O2. The van der Waals surface area contributed by atoms with E-state index in [1.807, 2.05) is 51.1 Å². The van der Waals surface area contributed by atoms with Crippen LogP contribution in [0.15, 0.2) is 40.9 Å². The average Bonchev–Trinajstić information content (AvgIpc) is 2.97. The van der Waals surface area contributed by atoms with Crippen LogP contribution >= 0.6 is 0 Å². The number of nitrogens with two attached hydrogens (primary N) is 1. The Kier molecular flexibility index (Phi) is 4.75. The highest BCUT2D eigenvalue weighted by molar-refractivity contribution is 5.82. The Morgan fingerprint density at radius 2 is 1.90 bits per heavy atom. The number of carbonyl (C=O) groups is 1. The van der Waals surface area contributed by atoms with Crippen molar-refractivity contribution in [2.75, 3.05) is 0 Å². The molecule has 2 atom stereocenters. The number of oxazole rings is 1. The van der Waals surface area contributed by atoms with Crippen molar-refractivity contribution in [1.82, 2.24) is 10.3 Å². The van der Waals surface area contributed by atoms with Crippen molar-refractivity contribution in [2.45, 2.75) is 32.9 Å². The lowest BCUT2D eigenvalue weighted by Gasteiger charge is -2.17. The van der Waals surface area contributed by atoms with Crippen LogP contribution in [-0.2, 0) is 4.79 Å². The predicted molar refractivity (Wildman–Crippen MR) is 81.3 cm³/mol.